The van der Waals surface area contributed by atoms with Crippen LogP contribution in [0.25, 0.3) is 0 Å². The number of likely N-dealkylation sites (N-methyl/N-ethyl adjacent to an activating group) is 1. The number of nitrogens with zero attached hydrogens (tertiary/aromatic N) is 1. The standard InChI is InChI=1S/C12H19FN2O/c1-9(8-15(2)3)14-7-10-5-4-6-11(13)12(10)16/h4-6,9,14,16H,7-8H2,1-3H3. The van der Waals surface area contributed by atoms with E-state index < -0.39 is 5.82 Å². The van der Waals surface area contributed by atoms with Crippen LogP contribution in [-0.4, -0.2) is 36.7 Å². The number of phenols is 1. The van der Waals surface area contributed by atoms with Gasteiger partial charge in [0, 0.05) is 24.7 Å². The maximum Gasteiger partial charge on any atom is 0.165 e. The SMILES string of the molecule is CC(CN(C)C)NCc1cccc(F)c1O. The molecule has 1 atom stereocenters. The number of rotatable bonds is 5. The molecule has 0 aromatic heterocycles. The highest BCUT2D eigenvalue weighted by molar-refractivity contribution is 5.33. The third-order valence-corrected chi connectivity index (χ3v) is 2.35. The molecule has 0 bridgehead atoms. The number of benzene rings is 1. The van der Waals surface area contributed by atoms with Crippen molar-refractivity contribution in [3.05, 3.63) is 29.6 Å². The molecule has 90 valence electrons. The van der Waals surface area contributed by atoms with Crippen LogP contribution in [0.5, 0.6) is 5.75 Å². The lowest BCUT2D eigenvalue weighted by Crippen LogP contribution is -2.35. The maximum absolute atomic E-state index is 13.0. The summed E-state index contributed by atoms with van der Waals surface area (Å²) in [6.07, 6.45) is 0. The molecule has 1 rings (SSSR count). The summed E-state index contributed by atoms with van der Waals surface area (Å²) in [5.74, 6) is -0.827. The van der Waals surface area contributed by atoms with E-state index in [1.807, 2.05) is 14.1 Å². The van der Waals surface area contributed by atoms with E-state index in [9.17, 15) is 9.50 Å². The first-order valence-corrected chi connectivity index (χ1v) is 5.35. The Morgan fingerprint density at radius 2 is 2.12 bits per heavy atom. The summed E-state index contributed by atoms with van der Waals surface area (Å²) < 4.78 is 13.0. The number of aromatic hydroxyl groups is 1. The Labute approximate surface area is 95.9 Å². The molecule has 4 heteroatoms. The van der Waals surface area contributed by atoms with Crippen LogP contribution in [0.3, 0.4) is 0 Å². The van der Waals surface area contributed by atoms with Gasteiger partial charge in [-0.05, 0) is 27.1 Å². The van der Waals surface area contributed by atoms with Crippen LogP contribution in [0, 0.1) is 5.82 Å². The minimum atomic E-state index is -0.570. The summed E-state index contributed by atoms with van der Waals surface area (Å²) in [5, 5.41) is 12.7. The van der Waals surface area contributed by atoms with Gasteiger partial charge in [-0.1, -0.05) is 12.1 Å². The molecule has 0 aliphatic carbocycles. The lowest BCUT2D eigenvalue weighted by molar-refractivity contribution is 0.346. The second-order valence-electron chi connectivity index (χ2n) is 4.29. The molecule has 0 saturated heterocycles. The summed E-state index contributed by atoms with van der Waals surface area (Å²) in [6, 6.07) is 4.86. The summed E-state index contributed by atoms with van der Waals surface area (Å²) in [4.78, 5) is 2.07. The fourth-order valence-electron chi connectivity index (χ4n) is 1.60. The van der Waals surface area contributed by atoms with Crippen LogP contribution in [0.15, 0.2) is 18.2 Å². The predicted octanol–water partition coefficient (Wildman–Crippen LogP) is 1.57. The van der Waals surface area contributed by atoms with Gasteiger partial charge < -0.3 is 15.3 Å². The van der Waals surface area contributed by atoms with E-state index in [2.05, 4.69) is 17.1 Å². The molecule has 0 aliphatic rings. The highest BCUT2D eigenvalue weighted by Gasteiger charge is 2.08. The van der Waals surface area contributed by atoms with E-state index >= 15 is 0 Å². The van der Waals surface area contributed by atoms with Crippen molar-refractivity contribution < 1.29 is 9.50 Å². The van der Waals surface area contributed by atoms with Crippen molar-refractivity contribution in [2.75, 3.05) is 20.6 Å². The summed E-state index contributed by atoms with van der Waals surface area (Å²) in [5.41, 5.74) is 0.589. The number of halogens is 1. The zero-order valence-electron chi connectivity index (χ0n) is 10.00. The average Bonchev–Trinajstić information content (AvgIpc) is 2.19. The minimum Gasteiger partial charge on any atom is -0.505 e. The van der Waals surface area contributed by atoms with Gasteiger partial charge in [0.1, 0.15) is 0 Å². The number of para-hydroxylation sites is 1. The lowest BCUT2D eigenvalue weighted by atomic mass is 10.2. The highest BCUT2D eigenvalue weighted by Crippen LogP contribution is 2.20. The summed E-state index contributed by atoms with van der Waals surface area (Å²) in [7, 11) is 4.00. The molecular weight excluding hydrogens is 207 g/mol. The number of phenolic OH excluding ortho intramolecular Hbond substituents is 1. The van der Waals surface area contributed by atoms with Crippen LogP contribution in [0.4, 0.5) is 4.39 Å². The zero-order valence-corrected chi connectivity index (χ0v) is 10.00. The van der Waals surface area contributed by atoms with E-state index in [-0.39, 0.29) is 11.8 Å². The highest BCUT2D eigenvalue weighted by atomic mass is 19.1. The van der Waals surface area contributed by atoms with Crippen molar-refractivity contribution in [2.45, 2.75) is 19.5 Å². The van der Waals surface area contributed by atoms with E-state index in [4.69, 9.17) is 0 Å². The number of hydrogen-bond donors (Lipinski definition) is 2. The first kappa shape index (κ1) is 12.9. The number of hydrogen-bond acceptors (Lipinski definition) is 3. The van der Waals surface area contributed by atoms with Crippen molar-refractivity contribution in [2.24, 2.45) is 0 Å². The smallest absolute Gasteiger partial charge is 0.165 e. The van der Waals surface area contributed by atoms with Crippen molar-refractivity contribution >= 4 is 0 Å². The van der Waals surface area contributed by atoms with Crippen molar-refractivity contribution in [1.29, 1.82) is 0 Å². The van der Waals surface area contributed by atoms with Crippen LogP contribution in [0.2, 0.25) is 0 Å². The Hall–Kier alpha value is -1.13. The Morgan fingerprint density at radius 1 is 1.44 bits per heavy atom. The molecule has 3 nitrogen and oxygen atoms in total. The van der Waals surface area contributed by atoms with Gasteiger partial charge in [0.2, 0.25) is 0 Å². The maximum atomic E-state index is 13.0. The van der Waals surface area contributed by atoms with Crippen LogP contribution in [0.1, 0.15) is 12.5 Å². The number of nitrogens with one attached hydrogen (secondary N) is 1. The van der Waals surface area contributed by atoms with Gasteiger partial charge in [0.25, 0.3) is 0 Å². The topological polar surface area (TPSA) is 35.5 Å². The van der Waals surface area contributed by atoms with Gasteiger partial charge in [0.15, 0.2) is 11.6 Å². The van der Waals surface area contributed by atoms with Gasteiger partial charge in [-0.2, -0.15) is 0 Å². The third kappa shape index (κ3) is 3.79. The Kier molecular flexibility index (Phi) is 4.71. The molecule has 1 unspecified atom stereocenters. The fraction of sp³-hybridized carbons (Fsp3) is 0.500. The Balaban J connectivity index is 2.51. The van der Waals surface area contributed by atoms with Gasteiger partial charge >= 0.3 is 0 Å². The summed E-state index contributed by atoms with van der Waals surface area (Å²) >= 11 is 0. The second kappa shape index (κ2) is 5.82. The molecule has 1 aromatic carbocycles. The lowest BCUT2D eigenvalue weighted by Gasteiger charge is -2.18. The Morgan fingerprint density at radius 3 is 2.75 bits per heavy atom. The van der Waals surface area contributed by atoms with Gasteiger partial charge in [-0.15, -0.1) is 0 Å². The average molecular weight is 226 g/mol. The van der Waals surface area contributed by atoms with Gasteiger partial charge in [-0.3, -0.25) is 0 Å². The monoisotopic (exact) mass is 226 g/mol. The molecule has 1 aromatic rings. The quantitative estimate of drug-likeness (QED) is 0.800. The minimum absolute atomic E-state index is 0.257. The molecule has 0 amide bonds. The first-order valence-electron chi connectivity index (χ1n) is 5.35. The summed E-state index contributed by atoms with van der Waals surface area (Å²) in [6.45, 7) is 3.42. The van der Waals surface area contributed by atoms with Crippen molar-refractivity contribution in [1.82, 2.24) is 10.2 Å². The Bertz CT molecular complexity index is 342. The van der Waals surface area contributed by atoms with Crippen LogP contribution >= 0.6 is 0 Å². The molecule has 0 fully saturated rings. The van der Waals surface area contributed by atoms with E-state index in [1.54, 1.807) is 12.1 Å². The normalized spacial score (nSPS) is 13.1. The fourth-order valence-corrected chi connectivity index (χ4v) is 1.60. The van der Waals surface area contributed by atoms with Crippen LogP contribution in [-0.2, 0) is 6.54 Å². The van der Waals surface area contributed by atoms with E-state index in [1.165, 1.54) is 6.07 Å². The molecule has 0 radical (unpaired) electrons. The van der Waals surface area contributed by atoms with E-state index in [0.29, 0.717) is 12.1 Å². The second-order valence-corrected chi connectivity index (χ2v) is 4.29. The van der Waals surface area contributed by atoms with Crippen LogP contribution < -0.4 is 5.32 Å². The molecule has 2 N–H and O–H groups in total. The van der Waals surface area contributed by atoms with Crippen molar-refractivity contribution in [3.63, 3.8) is 0 Å². The molecule has 16 heavy (non-hydrogen) atoms. The molecule has 0 saturated carbocycles. The molecule has 0 heterocycles. The zero-order chi connectivity index (χ0) is 12.1. The van der Waals surface area contributed by atoms with E-state index in [0.717, 1.165) is 6.54 Å². The first-order chi connectivity index (χ1) is 7.50. The molecule has 0 spiro atoms. The van der Waals surface area contributed by atoms with Gasteiger partial charge in [0.05, 0.1) is 0 Å². The molecular formula is C12H19FN2O. The largest absolute Gasteiger partial charge is 0.505 e. The van der Waals surface area contributed by atoms with Gasteiger partial charge in [-0.25, -0.2) is 4.39 Å². The van der Waals surface area contributed by atoms with Crippen molar-refractivity contribution in [3.8, 4) is 5.75 Å². The predicted molar refractivity (Wildman–Crippen MR) is 62.9 cm³/mol. The third-order valence-electron chi connectivity index (χ3n) is 2.35. The molecule has 0 aliphatic heterocycles.